The molecule has 0 amide bonds. The molecule has 1 aromatic heterocycles. The van der Waals surface area contributed by atoms with E-state index in [0.717, 1.165) is 36.4 Å². The van der Waals surface area contributed by atoms with Gasteiger partial charge in [0.05, 0.1) is 10.4 Å². The van der Waals surface area contributed by atoms with Gasteiger partial charge < -0.3 is 5.11 Å². The standard InChI is InChI=1S/C13H19NO2S/c1-9-4-3-5-13(6-9,12(15)16)7-11-14-10(2)8-17-11/h8-9H,3-7H2,1-2H3,(H,15,16). The molecule has 1 heterocycles. The second kappa shape index (κ2) is 4.77. The minimum atomic E-state index is -0.642. The number of aryl methyl sites for hydroxylation is 1. The smallest absolute Gasteiger partial charge is 0.310 e. The fourth-order valence-corrected chi connectivity index (χ4v) is 3.78. The van der Waals surface area contributed by atoms with Crippen molar-refractivity contribution >= 4 is 17.3 Å². The van der Waals surface area contributed by atoms with Gasteiger partial charge in [-0.25, -0.2) is 4.98 Å². The Morgan fingerprint density at radius 2 is 2.47 bits per heavy atom. The molecular formula is C13H19NO2S. The van der Waals surface area contributed by atoms with Gasteiger partial charge in [-0.3, -0.25) is 4.79 Å². The van der Waals surface area contributed by atoms with Gasteiger partial charge in [-0.2, -0.15) is 0 Å². The van der Waals surface area contributed by atoms with E-state index in [-0.39, 0.29) is 0 Å². The third kappa shape index (κ3) is 2.68. The summed E-state index contributed by atoms with van der Waals surface area (Å²) in [5, 5.41) is 12.5. The number of carboxylic acid groups (broad SMARTS) is 1. The Labute approximate surface area is 106 Å². The predicted molar refractivity (Wildman–Crippen MR) is 68.3 cm³/mol. The molecule has 1 fully saturated rings. The van der Waals surface area contributed by atoms with Gasteiger partial charge in [0.15, 0.2) is 0 Å². The molecule has 2 rings (SSSR count). The number of thiazole rings is 1. The van der Waals surface area contributed by atoms with Crippen LogP contribution in [0.5, 0.6) is 0 Å². The van der Waals surface area contributed by atoms with E-state index >= 15 is 0 Å². The highest BCUT2D eigenvalue weighted by Crippen LogP contribution is 2.42. The summed E-state index contributed by atoms with van der Waals surface area (Å²) in [7, 11) is 0. The third-order valence-corrected chi connectivity index (χ3v) is 4.67. The highest BCUT2D eigenvalue weighted by atomic mass is 32.1. The van der Waals surface area contributed by atoms with Crippen LogP contribution in [-0.2, 0) is 11.2 Å². The van der Waals surface area contributed by atoms with Crippen molar-refractivity contribution in [3.63, 3.8) is 0 Å². The number of aromatic nitrogens is 1. The van der Waals surface area contributed by atoms with Crippen molar-refractivity contribution in [2.24, 2.45) is 11.3 Å². The van der Waals surface area contributed by atoms with Crippen molar-refractivity contribution in [1.29, 1.82) is 0 Å². The quantitative estimate of drug-likeness (QED) is 0.899. The van der Waals surface area contributed by atoms with Gasteiger partial charge in [-0.05, 0) is 25.7 Å². The van der Waals surface area contributed by atoms with Crippen molar-refractivity contribution in [2.75, 3.05) is 0 Å². The van der Waals surface area contributed by atoms with Gasteiger partial charge in [0.1, 0.15) is 0 Å². The SMILES string of the molecule is Cc1csc(CC2(C(=O)O)CCCC(C)C2)n1. The fourth-order valence-electron chi connectivity index (χ4n) is 2.86. The van der Waals surface area contributed by atoms with Crippen molar-refractivity contribution in [3.05, 3.63) is 16.1 Å². The van der Waals surface area contributed by atoms with Gasteiger partial charge in [0.25, 0.3) is 0 Å². The Kier molecular flexibility index (Phi) is 3.52. The van der Waals surface area contributed by atoms with Crippen LogP contribution in [0, 0.1) is 18.3 Å². The number of hydrogen-bond acceptors (Lipinski definition) is 3. The minimum absolute atomic E-state index is 0.515. The first-order valence-electron chi connectivity index (χ1n) is 6.16. The first kappa shape index (κ1) is 12.6. The molecule has 1 aromatic rings. The van der Waals surface area contributed by atoms with Gasteiger partial charge in [-0.15, -0.1) is 11.3 Å². The molecule has 94 valence electrons. The van der Waals surface area contributed by atoms with Gasteiger partial charge in [0, 0.05) is 17.5 Å². The van der Waals surface area contributed by atoms with E-state index in [4.69, 9.17) is 0 Å². The molecule has 1 N–H and O–H groups in total. The molecule has 2 atom stereocenters. The monoisotopic (exact) mass is 253 g/mol. The third-order valence-electron chi connectivity index (χ3n) is 3.70. The number of rotatable bonds is 3. The number of nitrogens with zero attached hydrogens (tertiary/aromatic N) is 1. The van der Waals surface area contributed by atoms with Crippen LogP contribution >= 0.6 is 11.3 Å². The second-order valence-corrected chi connectivity index (χ2v) is 6.29. The molecule has 17 heavy (non-hydrogen) atoms. The van der Waals surface area contributed by atoms with E-state index in [9.17, 15) is 9.90 Å². The maximum atomic E-state index is 11.6. The summed E-state index contributed by atoms with van der Waals surface area (Å²) in [5.41, 5.74) is 0.427. The van der Waals surface area contributed by atoms with Gasteiger partial charge in [0.2, 0.25) is 0 Å². The molecule has 1 saturated carbocycles. The first-order chi connectivity index (χ1) is 8.02. The highest BCUT2D eigenvalue weighted by Gasteiger charge is 2.42. The lowest BCUT2D eigenvalue weighted by molar-refractivity contribution is -0.152. The molecule has 0 spiro atoms. The molecular weight excluding hydrogens is 234 g/mol. The molecule has 4 heteroatoms. The van der Waals surface area contributed by atoms with Crippen molar-refractivity contribution in [3.8, 4) is 0 Å². The average molecular weight is 253 g/mol. The Morgan fingerprint density at radius 1 is 1.71 bits per heavy atom. The van der Waals surface area contributed by atoms with E-state index < -0.39 is 11.4 Å². The van der Waals surface area contributed by atoms with Crippen molar-refractivity contribution in [1.82, 2.24) is 4.98 Å². The summed E-state index contributed by atoms with van der Waals surface area (Å²) in [6.45, 7) is 4.11. The normalized spacial score (nSPS) is 29.2. The largest absolute Gasteiger partial charge is 0.481 e. The molecule has 1 aliphatic rings. The maximum absolute atomic E-state index is 11.6. The molecule has 1 aliphatic carbocycles. The number of carbonyl (C=O) groups is 1. The van der Waals surface area contributed by atoms with E-state index in [2.05, 4.69) is 11.9 Å². The second-order valence-electron chi connectivity index (χ2n) is 5.35. The molecule has 3 nitrogen and oxygen atoms in total. The van der Waals surface area contributed by atoms with Crippen LogP contribution in [0.15, 0.2) is 5.38 Å². The van der Waals surface area contributed by atoms with Crippen LogP contribution in [0.4, 0.5) is 0 Å². The number of carboxylic acids is 1. The Morgan fingerprint density at radius 3 is 3.00 bits per heavy atom. The van der Waals surface area contributed by atoms with E-state index in [0.29, 0.717) is 12.3 Å². The molecule has 0 bridgehead atoms. The van der Waals surface area contributed by atoms with Crippen molar-refractivity contribution in [2.45, 2.75) is 46.0 Å². The first-order valence-corrected chi connectivity index (χ1v) is 7.04. The molecule has 2 unspecified atom stereocenters. The van der Waals surface area contributed by atoms with Crippen LogP contribution < -0.4 is 0 Å². The molecule has 0 aromatic carbocycles. The molecule has 0 radical (unpaired) electrons. The lowest BCUT2D eigenvalue weighted by Crippen LogP contribution is -2.37. The zero-order valence-electron chi connectivity index (χ0n) is 10.4. The number of aliphatic carboxylic acids is 1. The lowest BCUT2D eigenvalue weighted by atomic mass is 9.68. The summed E-state index contributed by atoms with van der Waals surface area (Å²) in [4.78, 5) is 16.0. The summed E-state index contributed by atoms with van der Waals surface area (Å²) in [6, 6.07) is 0. The van der Waals surface area contributed by atoms with E-state index in [1.54, 1.807) is 11.3 Å². The van der Waals surface area contributed by atoms with Gasteiger partial charge >= 0.3 is 5.97 Å². The predicted octanol–water partition coefficient (Wildman–Crippen LogP) is 3.28. The Hall–Kier alpha value is -0.900. The Balaban J connectivity index is 2.19. The molecule has 0 saturated heterocycles. The van der Waals surface area contributed by atoms with Crippen LogP contribution in [0.3, 0.4) is 0 Å². The van der Waals surface area contributed by atoms with Crippen LogP contribution in [-0.4, -0.2) is 16.1 Å². The summed E-state index contributed by atoms with van der Waals surface area (Å²) >= 11 is 1.59. The molecule has 0 aliphatic heterocycles. The summed E-state index contributed by atoms with van der Waals surface area (Å²) < 4.78 is 0. The average Bonchev–Trinajstić information content (AvgIpc) is 2.63. The van der Waals surface area contributed by atoms with Crippen LogP contribution in [0.2, 0.25) is 0 Å². The van der Waals surface area contributed by atoms with E-state index in [1.165, 1.54) is 0 Å². The van der Waals surface area contributed by atoms with Crippen molar-refractivity contribution < 1.29 is 9.90 Å². The maximum Gasteiger partial charge on any atom is 0.310 e. The fraction of sp³-hybridized carbons (Fsp3) is 0.692. The topological polar surface area (TPSA) is 50.2 Å². The Bertz CT molecular complexity index is 415. The van der Waals surface area contributed by atoms with Crippen LogP contribution in [0.25, 0.3) is 0 Å². The minimum Gasteiger partial charge on any atom is -0.481 e. The number of hydrogen-bond donors (Lipinski definition) is 1. The summed E-state index contributed by atoms with van der Waals surface area (Å²) in [6.07, 6.45) is 4.38. The summed E-state index contributed by atoms with van der Waals surface area (Å²) in [5.74, 6) is -0.127. The highest BCUT2D eigenvalue weighted by molar-refractivity contribution is 7.09. The van der Waals surface area contributed by atoms with Gasteiger partial charge in [-0.1, -0.05) is 19.8 Å². The zero-order valence-corrected chi connectivity index (χ0v) is 11.2. The lowest BCUT2D eigenvalue weighted by Gasteiger charge is -2.35. The zero-order chi connectivity index (χ0) is 12.5. The van der Waals surface area contributed by atoms with E-state index in [1.807, 2.05) is 12.3 Å². The van der Waals surface area contributed by atoms with Crippen LogP contribution in [0.1, 0.15) is 43.3 Å².